The van der Waals surface area contributed by atoms with Crippen LogP contribution in [0.2, 0.25) is 0 Å². The van der Waals surface area contributed by atoms with Gasteiger partial charge in [-0.05, 0) is 43.0 Å². The zero-order chi connectivity index (χ0) is 15.1. The Labute approximate surface area is 118 Å². The lowest BCUT2D eigenvalue weighted by molar-refractivity contribution is -0.137. The Morgan fingerprint density at radius 1 is 1.40 bits per heavy atom. The van der Waals surface area contributed by atoms with Crippen molar-refractivity contribution >= 4 is 11.9 Å². The SMILES string of the molecule is COc1ccc(C)c(CCC(CC(=O)O)NC(C)=O)c1. The quantitative estimate of drug-likeness (QED) is 0.799. The Bertz CT molecular complexity index is 469. The number of carbonyl (C=O) groups is 2. The fourth-order valence-corrected chi connectivity index (χ4v) is 2.10. The van der Waals surface area contributed by atoms with Crippen LogP contribution in [0.15, 0.2) is 18.2 Å². The molecule has 0 aliphatic carbocycles. The van der Waals surface area contributed by atoms with Gasteiger partial charge >= 0.3 is 5.97 Å². The van der Waals surface area contributed by atoms with Gasteiger partial charge in [0.05, 0.1) is 13.5 Å². The van der Waals surface area contributed by atoms with E-state index in [4.69, 9.17) is 9.84 Å². The lowest BCUT2D eigenvalue weighted by atomic mass is 9.99. The van der Waals surface area contributed by atoms with Crippen molar-refractivity contribution in [3.8, 4) is 5.75 Å². The zero-order valence-corrected chi connectivity index (χ0v) is 12.1. The van der Waals surface area contributed by atoms with Crippen LogP contribution in [0.1, 0.15) is 30.9 Å². The summed E-state index contributed by atoms with van der Waals surface area (Å²) in [5, 5.41) is 11.5. The van der Waals surface area contributed by atoms with Gasteiger partial charge in [0.15, 0.2) is 0 Å². The van der Waals surface area contributed by atoms with Crippen LogP contribution in [-0.2, 0) is 16.0 Å². The third-order valence-corrected chi connectivity index (χ3v) is 3.15. The first-order chi connectivity index (χ1) is 9.42. The number of benzene rings is 1. The number of rotatable bonds is 7. The molecule has 0 aliphatic rings. The topological polar surface area (TPSA) is 75.6 Å². The van der Waals surface area contributed by atoms with Gasteiger partial charge < -0.3 is 15.2 Å². The third-order valence-electron chi connectivity index (χ3n) is 3.15. The van der Waals surface area contributed by atoms with Crippen molar-refractivity contribution < 1.29 is 19.4 Å². The predicted octanol–water partition coefficient (Wildman–Crippen LogP) is 1.92. The number of hydrogen-bond acceptors (Lipinski definition) is 3. The van der Waals surface area contributed by atoms with E-state index in [1.54, 1.807) is 7.11 Å². The Morgan fingerprint density at radius 2 is 2.10 bits per heavy atom. The lowest BCUT2D eigenvalue weighted by Crippen LogP contribution is -2.35. The number of aliphatic carboxylic acids is 1. The maximum Gasteiger partial charge on any atom is 0.305 e. The van der Waals surface area contributed by atoms with Crippen LogP contribution >= 0.6 is 0 Å². The van der Waals surface area contributed by atoms with E-state index in [1.807, 2.05) is 25.1 Å². The number of hydrogen-bond donors (Lipinski definition) is 2. The summed E-state index contributed by atoms with van der Waals surface area (Å²) in [4.78, 5) is 21.9. The van der Waals surface area contributed by atoms with Crippen LogP contribution in [0.25, 0.3) is 0 Å². The molecule has 5 heteroatoms. The van der Waals surface area contributed by atoms with Crippen LogP contribution in [0.5, 0.6) is 5.75 Å². The Balaban J connectivity index is 2.70. The molecule has 0 aromatic heterocycles. The van der Waals surface area contributed by atoms with E-state index in [-0.39, 0.29) is 18.4 Å². The zero-order valence-electron chi connectivity index (χ0n) is 12.1. The largest absolute Gasteiger partial charge is 0.497 e. The summed E-state index contributed by atoms with van der Waals surface area (Å²) in [5.74, 6) is -0.343. The van der Waals surface area contributed by atoms with Gasteiger partial charge in [-0.3, -0.25) is 9.59 Å². The highest BCUT2D eigenvalue weighted by Gasteiger charge is 2.15. The third kappa shape index (κ3) is 5.30. The first-order valence-electron chi connectivity index (χ1n) is 6.54. The second-order valence-electron chi connectivity index (χ2n) is 4.83. The van der Waals surface area contributed by atoms with Gasteiger partial charge in [0, 0.05) is 13.0 Å². The first-order valence-corrected chi connectivity index (χ1v) is 6.54. The molecule has 110 valence electrons. The molecule has 0 radical (unpaired) electrons. The number of carbonyl (C=O) groups excluding carboxylic acids is 1. The summed E-state index contributed by atoms with van der Waals surface area (Å²) in [7, 11) is 1.61. The predicted molar refractivity (Wildman–Crippen MR) is 75.9 cm³/mol. The average Bonchev–Trinajstić information content (AvgIpc) is 2.36. The van der Waals surface area contributed by atoms with Gasteiger partial charge in [-0.15, -0.1) is 0 Å². The van der Waals surface area contributed by atoms with Gasteiger partial charge in [-0.25, -0.2) is 0 Å². The maximum atomic E-state index is 11.1. The smallest absolute Gasteiger partial charge is 0.305 e. The molecule has 0 aliphatic heterocycles. The maximum absolute atomic E-state index is 11.1. The highest BCUT2D eigenvalue weighted by Crippen LogP contribution is 2.19. The van der Waals surface area contributed by atoms with Crippen LogP contribution < -0.4 is 10.1 Å². The first kappa shape index (κ1) is 16.0. The van der Waals surface area contributed by atoms with Crippen molar-refractivity contribution in [2.75, 3.05) is 7.11 Å². The van der Waals surface area contributed by atoms with Crippen molar-refractivity contribution in [2.24, 2.45) is 0 Å². The summed E-state index contributed by atoms with van der Waals surface area (Å²) in [5.41, 5.74) is 2.23. The number of nitrogens with one attached hydrogen (secondary N) is 1. The van der Waals surface area contributed by atoms with E-state index >= 15 is 0 Å². The monoisotopic (exact) mass is 279 g/mol. The van der Waals surface area contributed by atoms with Crippen molar-refractivity contribution in [2.45, 2.75) is 39.2 Å². The van der Waals surface area contributed by atoms with Crippen LogP contribution in [0.3, 0.4) is 0 Å². The number of methoxy groups -OCH3 is 1. The summed E-state index contributed by atoms with van der Waals surface area (Å²) >= 11 is 0. The van der Waals surface area contributed by atoms with Gasteiger partial charge in [0.25, 0.3) is 0 Å². The fraction of sp³-hybridized carbons (Fsp3) is 0.467. The molecule has 0 saturated carbocycles. The van der Waals surface area contributed by atoms with E-state index in [0.717, 1.165) is 16.9 Å². The molecule has 1 rings (SSSR count). The van der Waals surface area contributed by atoms with E-state index in [0.29, 0.717) is 12.8 Å². The average molecular weight is 279 g/mol. The molecule has 0 saturated heterocycles. The Hall–Kier alpha value is -2.04. The van der Waals surface area contributed by atoms with Crippen molar-refractivity contribution in [3.63, 3.8) is 0 Å². The second-order valence-corrected chi connectivity index (χ2v) is 4.83. The fourth-order valence-electron chi connectivity index (χ4n) is 2.10. The number of ether oxygens (including phenoxy) is 1. The molecule has 0 heterocycles. The Kier molecular flexibility index (Phi) is 6.03. The highest BCUT2D eigenvalue weighted by atomic mass is 16.5. The molecule has 0 bridgehead atoms. The van der Waals surface area contributed by atoms with Crippen LogP contribution in [0.4, 0.5) is 0 Å². The molecule has 20 heavy (non-hydrogen) atoms. The minimum Gasteiger partial charge on any atom is -0.497 e. The molecule has 0 fully saturated rings. The summed E-state index contributed by atoms with van der Waals surface area (Å²) in [6.45, 7) is 3.39. The Morgan fingerprint density at radius 3 is 2.65 bits per heavy atom. The molecule has 1 atom stereocenters. The number of aryl methyl sites for hydroxylation is 2. The normalized spacial score (nSPS) is 11.8. The standard InChI is InChI=1S/C15H21NO4/c1-10-4-7-14(20-3)8-12(10)5-6-13(9-15(18)19)16-11(2)17/h4,7-8,13H,5-6,9H2,1-3H3,(H,16,17)(H,18,19). The van der Waals surface area contributed by atoms with Gasteiger partial charge in [-0.1, -0.05) is 6.07 Å². The van der Waals surface area contributed by atoms with E-state index < -0.39 is 5.97 Å². The highest BCUT2D eigenvalue weighted by molar-refractivity contribution is 5.74. The molecule has 1 aromatic carbocycles. The van der Waals surface area contributed by atoms with Crippen molar-refractivity contribution in [1.82, 2.24) is 5.32 Å². The lowest BCUT2D eigenvalue weighted by Gasteiger charge is -2.16. The van der Waals surface area contributed by atoms with Gasteiger partial charge in [0.1, 0.15) is 5.75 Å². The van der Waals surface area contributed by atoms with Crippen LogP contribution in [0, 0.1) is 6.92 Å². The van der Waals surface area contributed by atoms with Gasteiger partial charge in [-0.2, -0.15) is 0 Å². The molecule has 1 unspecified atom stereocenters. The summed E-state index contributed by atoms with van der Waals surface area (Å²) in [6, 6.07) is 5.46. The number of carboxylic acids is 1. The number of amides is 1. The molecule has 0 spiro atoms. The van der Waals surface area contributed by atoms with E-state index in [1.165, 1.54) is 6.92 Å². The minimum atomic E-state index is -0.911. The van der Waals surface area contributed by atoms with Crippen molar-refractivity contribution in [1.29, 1.82) is 0 Å². The molecule has 5 nitrogen and oxygen atoms in total. The molecular formula is C15H21NO4. The molecule has 1 aromatic rings. The number of carboxylic acid groups (broad SMARTS) is 1. The summed E-state index contributed by atoms with van der Waals surface area (Å²) < 4.78 is 5.18. The van der Waals surface area contributed by atoms with Gasteiger partial charge in [0.2, 0.25) is 5.91 Å². The molecular weight excluding hydrogens is 258 g/mol. The van der Waals surface area contributed by atoms with Crippen molar-refractivity contribution in [3.05, 3.63) is 29.3 Å². The molecule has 2 N–H and O–H groups in total. The van der Waals surface area contributed by atoms with E-state index in [9.17, 15) is 9.59 Å². The molecule has 1 amide bonds. The summed E-state index contributed by atoms with van der Waals surface area (Å²) in [6.07, 6.45) is 1.21. The van der Waals surface area contributed by atoms with Crippen LogP contribution in [-0.4, -0.2) is 30.1 Å². The second kappa shape index (κ2) is 7.53. The van der Waals surface area contributed by atoms with E-state index in [2.05, 4.69) is 5.32 Å². The minimum absolute atomic E-state index is 0.0669.